The van der Waals surface area contributed by atoms with Crippen LogP contribution < -0.4 is 5.32 Å². The molecule has 0 aliphatic carbocycles. The monoisotopic (exact) mass is 238 g/mol. The molecule has 0 bridgehead atoms. The van der Waals surface area contributed by atoms with Crippen LogP contribution in [0.5, 0.6) is 0 Å². The van der Waals surface area contributed by atoms with Crippen molar-refractivity contribution in [3.63, 3.8) is 0 Å². The Bertz CT molecular complexity index is 304. The molecule has 2 amide bonds. The third-order valence-corrected chi connectivity index (χ3v) is 3.95. The Balaban J connectivity index is 1.95. The summed E-state index contributed by atoms with van der Waals surface area (Å²) in [7, 11) is 0. The van der Waals surface area contributed by atoms with Crippen molar-refractivity contribution in [1.29, 1.82) is 0 Å². The van der Waals surface area contributed by atoms with E-state index in [1.165, 1.54) is 19.3 Å². The van der Waals surface area contributed by atoms with Crippen LogP contribution in [-0.4, -0.2) is 35.8 Å². The van der Waals surface area contributed by atoms with Gasteiger partial charge in [0.05, 0.1) is 6.04 Å². The summed E-state index contributed by atoms with van der Waals surface area (Å²) in [6.45, 7) is 4.28. The molecule has 0 spiro atoms. The minimum absolute atomic E-state index is 0.0713. The molecule has 2 rings (SSSR count). The van der Waals surface area contributed by atoms with Crippen molar-refractivity contribution >= 4 is 11.8 Å². The summed E-state index contributed by atoms with van der Waals surface area (Å²) in [5.41, 5.74) is 0. The molecule has 0 radical (unpaired) electrons. The third-order valence-electron chi connectivity index (χ3n) is 3.95. The number of likely N-dealkylation sites (tertiary alicyclic amines) is 1. The van der Waals surface area contributed by atoms with Gasteiger partial charge >= 0.3 is 0 Å². The fourth-order valence-electron chi connectivity index (χ4n) is 2.79. The first-order valence-electron chi connectivity index (χ1n) is 6.74. The van der Waals surface area contributed by atoms with E-state index in [9.17, 15) is 9.59 Å². The van der Waals surface area contributed by atoms with E-state index in [1.54, 1.807) is 0 Å². The molecular formula is C13H22N2O2. The van der Waals surface area contributed by atoms with Gasteiger partial charge < -0.3 is 0 Å². The number of rotatable bonds is 1. The fourth-order valence-corrected chi connectivity index (χ4v) is 2.79. The average molecular weight is 238 g/mol. The van der Waals surface area contributed by atoms with E-state index in [-0.39, 0.29) is 17.9 Å². The summed E-state index contributed by atoms with van der Waals surface area (Å²) in [6, 6.07) is -0.0713. The minimum atomic E-state index is -0.119. The molecule has 4 heteroatoms. The number of hydrogen-bond donors (Lipinski definition) is 1. The highest BCUT2D eigenvalue weighted by Gasteiger charge is 2.31. The Kier molecular flexibility index (Phi) is 4.15. The van der Waals surface area contributed by atoms with Crippen LogP contribution in [0.15, 0.2) is 0 Å². The number of nitrogens with zero attached hydrogens (tertiary/aromatic N) is 1. The van der Waals surface area contributed by atoms with Crippen molar-refractivity contribution in [2.45, 2.75) is 51.5 Å². The third kappa shape index (κ3) is 3.28. The van der Waals surface area contributed by atoms with Crippen LogP contribution in [0.25, 0.3) is 0 Å². The van der Waals surface area contributed by atoms with Crippen molar-refractivity contribution in [2.24, 2.45) is 5.92 Å². The van der Waals surface area contributed by atoms with Crippen molar-refractivity contribution in [1.82, 2.24) is 10.2 Å². The lowest BCUT2D eigenvalue weighted by Gasteiger charge is -2.34. The van der Waals surface area contributed by atoms with E-state index < -0.39 is 0 Å². The van der Waals surface area contributed by atoms with Gasteiger partial charge in [-0.3, -0.25) is 19.8 Å². The summed E-state index contributed by atoms with van der Waals surface area (Å²) in [5, 5.41) is 2.45. The number of carbonyl (C=O) groups is 2. The zero-order chi connectivity index (χ0) is 12.3. The van der Waals surface area contributed by atoms with Crippen molar-refractivity contribution in [3.8, 4) is 0 Å². The fraction of sp³-hybridized carbons (Fsp3) is 0.846. The maximum Gasteiger partial charge on any atom is 0.243 e. The van der Waals surface area contributed by atoms with Gasteiger partial charge in [-0.25, -0.2) is 0 Å². The number of amides is 2. The second-order valence-electron chi connectivity index (χ2n) is 5.39. The van der Waals surface area contributed by atoms with Crippen LogP contribution in [0, 0.1) is 5.92 Å². The van der Waals surface area contributed by atoms with Crippen LogP contribution in [-0.2, 0) is 9.59 Å². The van der Waals surface area contributed by atoms with Crippen molar-refractivity contribution < 1.29 is 9.59 Å². The molecule has 4 nitrogen and oxygen atoms in total. The first kappa shape index (κ1) is 12.6. The number of piperidine rings is 1. The van der Waals surface area contributed by atoms with Gasteiger partial charge in [-0.1, -0.05) is 19.8 Å². The Hall–Kier alpha value is -0.900. The molecule has 17 heavy (non-hydrogen) atoms. The van der Waals surface area contributed by atoms with Gasteiger partial charge in [0.1, 0.15) is 0 Å². The van der Waals surface area contributed by atoms with Crippen molar-refractivity contribution in [2.75, 3.05) is 13.1 Å². The topological polar surface area (TPSA) is 49.4 Å². The summed E-state index contributed by atoms with van der Waals surface area (Å²) < 4.78 is 0. The van der Waals surface area contributed by atoms with Crippen LogP contribution in [0.1, 0.15) is 45.4 Å². The predicted molar refractivity (Wildman–Crippen MR) is 65.4 cm³/mol. The second kappa shape index (κ2) is 5.63. The molecule has 96 valence electrons. The van der Waals surface area contributed by atoms with Crippen LogP contribution in [0.3, 0.4) is 0 Å². The lowest BCUT2D eigenvalue weighted by atomic mass is 9.96. The van der Waals surface area contributed by atoms with E-state index in [0.717, 1.165) is 25.4 Å². The van der Waals surface area contributed by atoms with Crippen LogP contribution in [0.4, 0.5) is 0 Å². The number of imide groups is 1. The van der Waals surface area contributed by atoms with Crippen LogP contribution >= 0.6 is 0 Å². The van der Waals surface area contributed by atoms with E-state index in [0.29, 0.717) is 12.8 Å². The van der Waals surface area contributed by atoms with Gasteiger partial charge in [0.2, 0.25) is 11.8 Å². The molecule has 0 aromatic rings. The van der Waals surface area contributed by atoms with Crippen molar-refractivity contribution in [3.05, 3.63) is 0 Å². The van der Waals surface area contributed by atoms with Gasteiger partial charge in [-0.2, -0.15) is 0 Å². The normalized spacial score (nSPS) is 32.8. The highest BCUT2D eigenvalue weighted by molar-refractivity contribution is 6.00. The smallest absolute Gasteiger partial charge is 0.243 e. The molecule has 2 fully saturated rings. The van der Waals surface area contributed by atoms with E-state index in [2.05, 4.69) is 17.1 Å². The summed E-state index contributed by atoms with van der Waals surface area (Å²) in [5.74, 6) is 0.548. The molecule has 2 heterocycles. The largest absolute Gasteiger partial charge is 0.295 e. The molecule has 0 saturated carbocycles. The highest BCUT2D eigenvalue weighted by atomic mass is 16.2. The predicted octanol–water partition coefficient (Wildman–Crippen LogP) is 1.30. The zero-order valence-electron chi connectivity index (χ0n) is 10.6. The molecule has 2 aliphatic heterocycles. The Morgan fingerprint density at radius 1 is 1.12 bits per heavy atom. The molecule has 0 aromatic heterocycles. The first-order valence-corrected chi connectivity index (χ1v) is 6.74. The molecule has 0 aromatic carbocycles. The van der Waals surface area contributed by atoms with Gasteiger partial charge in [0, 0.05) is 6.42 Å². The van der Waals surface area contributed by atoms with Gasteiger partial charge in [0.25, 0.3) is 0 Å². The highest BCUT2D eigenvalue weighted by Crippen LogP contribution is 2.20. The Morgan fingerprint density at radius 3 is 2.71 bits per heavy atom. The Labute approximate surface area is 103 Å². The second-order valence-corrected chi connectivity index (χ2v) is 5.39. The zero-order valence-corrected chi connectivity index (χ0v) is 10.6. The average Bonchev–Trinajstić information content (AvgIpc) is 2.26. The van der Waals surface area contributed by atoms with E-state index >= 15 is 0 Å². The lowest BCUT2D eigenvalue weighted by Crippen LogP contribution is -2.53. The van der Waals surface area contributed by atoms with Gasteiger partial charge in [0.15, 0.2) is 0 Å². The first-order chi connectivity index (χ1) is 8.16. The maximum absolute atomic E-state index is 11.8. The molecule has 2 saturated heterocycles. The van der Waals surface area contributed by atoms with Gasteiger partial charge in [-0.05, 0) is 38.3 Å². The summed E-state index contributed by atoms with van der Waals surface area (Å²) >= 11 is 0. The summed E-state index contributed by atoms with van der Waals surface area (Å²) in [4.78, 5) is 25.2. The molecular weight excluding hydrogens is 216 g/mol. The molecule has 1 N–H and O–H groups in total. The number of nitrogens with one attached hydrogen (secondary N) is 1. The van der Waals surface area contributed by atoms with E-state index in [4.69, 9.17) is 0 Å². The summed E-state index contributed by atoms with van der Waals surface area (Å²) in [6.07, 6.45) is 6.08. The number of carbonyl (C=O) groups excluding carboxylic acids is 2. The number of hydrogen-bond acceptors (Lipinski definition) is 3. The Morgan fingerprint density at radius 2 is 1.94 bits per heavy atom. The SMILES string of the molecule is CC1CCCCN(C2CCC(=O)NC2=O)CC1. The molecule has 2 aliphatic rings. The molecule has 2 unspecified atom stereocenters. The standard InChI is InChI=1S/C13H22N2O2/c1-10-4-2-3-8-15(9-7-10)11-5-6-12(16)14-13(11)17/h10-11H,2-9H2,1H3,(H,14,16,17). The van der Waals surface area contributed by atoms with Gasteiger partial charge in [-0.15, -0.1) is 0 Å². The maximum atomic E-state index is 11.8. The lowest BCUT2D eigenvalue weighted by molar-refractivity contribution is -0.137. The molecule has 2 atom stereocenters. The van der Waals surface area contributed by atoms with E-state index in [1.807, 2.05) is 0 Å². The minimum Gasteiger partial charge on any atom is -0.295 e. The quantitative estimate of drug-likeness (QED) is 0.701. The van der Waals surface area contributed by atoms with Crippen LogP contribution in [0.2, 0.25) is 0 Å².